The third kappa shape index (κ3) is 3.25. The predicted molar refractivity (Wildman–Crippen MR) is 69.3 cm³/mol. The molecule has 0 radical (unpaired) electrons. The van der Waals surface area contributed by atoms with E-state index in [1.165, 1.54) is 0 Å². The number of ether oxygens (including phenoxy) is 1. The van der Waals surface area contributed by atoms with Crippen molar-refractivity contribution in [3.8, 4) is 6.01 Å². The van der Waals surface area contributed by atoms with Gasteiger partial charge < -0.3 is 9.84 Å². The van der Waals surface area contributed by atoms with Crippen LogP contribution < -0.4 is 10.1 Å². The number of H-pyrrole nitrogens is 1. The van der Waals surface area contributed by atoms with Crippen LogP contribution in [0.4, 0.5) is 5.95 Å². The summed E-state index contributed by atoms with van der Waals surface area (Å²) in [5.41, 5.74) is 0. The zero-order valence-corrected chi connectivity index (χ0v) is 11.3. The molecule has 0 spiro atoms. The van der Waals surface area contributed by atoms with Crippen LogP contribution in [-0.2, 0) is 9.59 Å². The molecule has 1 saturated carbocycles. The number of nitrogens with one attached hydrogen (secondary N) is 2. The first kappa shape index (κ1) is 14.3. The smallest absolute Gasteiger partial charge is 0.337 e. The van der Waals surface area contributed by atoms with Crippen LogP contribution in [0.1, 0.15) is 32.6 Å². The van der Waals surface area contributed by atoms with Gasteiger partial charge in [-0.25, -0.2) is 5.10 Å². The average molecular weight is 282 g/mol. The second-order valence-electron chi connectivity index (χ2n) is 4.72. The molecule has 2 atom stereocenters. The average Bonchev–Trinajstić information content (AvgIpc) is 2.86. The molecule has 110 valence electrons. The maximum Gasteiger partial charge on any atom is 0.337 e. The van der Waals surface area contributed by atoms with Crippen molar-refractivity contribution in [1.82, 2.24) is 15.2 Å². The van der Waals surface area contributed by atoms with Crippen molar-refractivity contribution < 1.29 is 19.4 Å². The van der Waals surface area contributed by atoms with Crippen LogP contribution in [0.3, 0.4) is 0 Å². The Bertz CT molecular complexity index is 488. The fourth-order valence-electron chi connectivity index (χ4n) is 2.45. The Hall–Kier alpha value is -2.12. The Balaban J connectivity index is 2.00. The van der Waals surface area contributed by atoms with Gasteiger partial charge in [-0.05, 0) is 19.8 Å². The molecule has 8 nitrogen and oxygen atoms in total. The molecule has 2 rings (SSSR count). The van der Waals surface area contributed by atoms with E-state index in [0.29, 0.717) is 19.4 Å². The first-order valence-corrected chi connectivity index (χ1v) is 6.70. The SMILES string of the molecule is CCOc1n[nH]c(NC(=O)C2CCCCC2C(=O)O)n1. The van der Waals surface area contributed by atoms with E-state index in [2.05, 4.69) is 20.5 Å². The largest absolute Gasteiger partial charge is 0.481 e. The van der Waals surface area contributed by atoms with Gasteiger partial charge in [0.1, 0.15) is 0 Å². The first-order valence-electron chi connectivity index (χ1n) is 6.70. The minimum absolute atomic E-state index is 0.154. The molecule has 0 aliphatic heterocycles. The summed E-state index contributed by atoms with van der Waals surface area (Å²) in [6, 6.07) is 0.154. The van der Waals surface area contributed by atoms with Gasteiger partial charge in [-0.1, -0.05) is 12.8 Å². The van der Waals surface area contributed by atoms with E-state index >= 15 is 0 Å². The monoisotopic (exact) mass is 282 g/mol. The van der Waals surface area contributed by atoms with Gasteiger partial charge in [-0.15, -0.1) is 5.10 Å². The predicted octanol–water partition coefficient (Wildman–Crippen LogP) is 1.03. The molecule has 1 aliphatic carbocycles. The first-order chi connectivity index (χ1) is 9.61. The van der Waals surface area contributed by atoms with Gasteiger partial charge in [0.05, 0.1) is 18.4 Å². The second kappa shape index (κ2) is 6.36. The number of hydrogen-bond acceptors (Lipinski definition) is 5. The van der Waals surface area contributed by atoms with E-state index in [1.54, 1.807) is 6.92 Å². The molecular formula is C12H18N4O4. The molecule has 20 heavy (non-hydrogen) atoms. The molecule has 8 heteroatoms. The molecule has 1 amide bonds. The van der Waals surface area contributed by atoms with Crippen molar-refractivity contribution in [3.05, 3.63) is 0 Å². The van der Waals surface area contributed by atoms with E-state index in [-0.39, 0.29) is 17.9 Å². The van der Waals surface area contributed by atoms with Crippen molar-refractivity contribution in [2.45, 2.75) is 32.6 Å². The molecule has 2 unspecified atom stereocenters. The lowest BCUT2D eigenvalue weighted by molar-refractivity contribution is -0.147. The van der Waals surface area contributed by atoms with Crippen LogP contribution in [0, 0.1) is 11.8 Å². The number of rotatable bonds is 5. The highest BCUT2D eigenvalue weighted by molar-refractivity contribution is 5.93. The number of aliphatic carboxylic acids is 1. The van der Waals surface area contributed by atoms with Gasteiger partial charge >= 0.3 is 12.0 Å². The quantitative estimate of drug-likeness (QED) is 0.742. The molecule has 0 bridgehead atoms. The lowest BCUT2D eigenvalue weighted by atomic mass is 9.79. The number of carboxylic acids is 1. The number of carboxylic acid groups (broad SMARTS) is 1. The van der Waals surface area contributed by atoms with Gasteiger partial charge in [0.25, 0.3) is 0 Å². The zero-order valence-electron chi connectivity index (χ0n) is 11.3. The van der Waals surface area contributed by atoms with E-state index in [4.69, 9.17) is 9.84 Å². The van der Waals surface area contributed by atoms with Gasteiger partial charge in [-0.3, -0.25) is 14.9 Å². The van der Waals surface area contributed by atoms with Crippen LogP contribution in [-0.4, -0.2) is 38.8 Å². The topological polar surface area (TPSA) is 117 Å². The summed E-state index contributed by atoms with van der Waals surface area (Å²) in [4.78, 5) is 27.3. The maximum atomic E-state index is 12.1. The van der Waals surface area contributed by atoms with Crippen LogP contribution in [0.15, 0.2) is 0 Å². The van der Waals surface area contributed by atoms with Crippen molar-refractivity contribution >= 4 is 17.8 Å². The van der Waals surface area contributed by atoms with Crippen LogP contribution in [0.2, 0.25) is 0 Å². The third-order valence-electron chi connectivity index (χ3n) is 3.40. The van der Waals surface area contributed by atoms with Gasteiger partial charge in [0.15, 0.2) is 0 Å². The lowest BCUT2D eigenvalue weighted by Crippen LogP contribution is -2.36. The van der Waals surface area contributed by atoms with Crippen molar-refractivity contribution in [1.29, 1.82) is 0 Å². The van der Waals surface area contributed by atoms with E-state index < -0.39 is 17.8 Å². The number of anilines is 1. The molecule has 1 heterocycles. The second-order valence-corrected chi connectivity index (χ2v) is 4.72. The summed E-state index contributed by atoms with van der Waals surface area (Å²) >= 11 is 0. The lowest BCUT2D eigenvalue weighted by Gasteiger charge is -2.26. The maximum absolute atomic E-state index is 12.1. The van der Waals surface area contributed by atoms with Crippen molar-refractivity contribution in [2.24, 2.45) is 11.8 Å². The molecule has 3 N–H and O–H groups in total. The minimum atomic E-state index is -0.919. The Labute approximate surface area is 115 Å². The van der Waals surface area contributed by atoms with Gasteiger partial charge in [-0.2, -0.15) is 4.98 Å². The van der Waals surface area contributed by atoms with E-state index in [0.717, 1.165) is 12.8 Å². The molecule has 1 fully saturated rings. The summed E-state index contributed by atoms with van der Waals surface area (Å²) in [5, 5.41) is 18.0. The van der Waals surface area contributed by atoms with Crippen molar-refractivity contribution in [2.75, 3.05) is 11.9 Å². The van der Waals surface area contributed by atoms with Crippen LogP contribution in [0.5, 0.6) is 6.01 Å². The fraction of sp³-hybridized carbons (Fsp3) is 0.667. The van der Waals surface area contributed by atoms with Crippen LogP contribution >= 0.6 is 0 Å². The zero-order chi connectivity index (χ0) is 14.5. The molecule has 1 aromatic heterocycles. The molecular weight excluding hydrogens is 264 g/mol. The molecule has 0 aromatic carbocycles. The molecule has 1 aromatic rings. The highest BCUT2D eigenvalue weighted by Crippen LogP contribution is 2.31. The van der Waals surface area contributed by atoms with E-state index in [1.807, 2.05) is 0 Å². The molecule has 0 saturated heterocycles. The summed E-state index contributed by atoms with van der Waals surface area (Å²) < 4.78 is 5.07. The van der Waals surface area contributed by atoms with Gasteiger partial charge in [0, 0.05) is 0 Å². The number of aromatic amines is 1. The van der Waals surface area contributed by atoms with Crippen molar-refractivity contribution in [3.63, 3.8) is 0 Å². The Morgan fingerprint density at radius 3 is 2.75 bits per heavy atom. The standard InChI is InChI=1S/C12H18N4O4/c1-2-20-12-14-11(15-16-12)13-9(17)7-5-3-4-6-8(7)10(18)19/h7-8H,2-6H2,1H3,(H,18,19)(H2,13,14,15,16,17). The number of aromatic nitrogens is 3. The Morgan fingerprint density at radius 1 is 1.40 bits per heavy atom. The summed E-state index contributed by atoms with van der Waals surface area (Å²) in [6.45, 7) is 2.23. The third-order valence-corrected chi connectivity index (χ3v) is 3.40. The number of hydrogen-bond donors (Lipinski definition) is 3. The van der Waals surface area contributed by atoms with Crippen LogP contribution in [0.25, 0.3) is 0 Å². The minimum Gasteiger partial charge on any atom is -0.481 e. The number of carbonyl (C=O) groups is 2. The Morgan fingerprint density at radius 2 is 2.10 bits per heavy atom. The highest BCUT2D eigenvalue weighted by atomic mass is 16.5. The molecule has 1 aliphatic rings. The van der Waals surface area contributed by atoms with E-state index in [9.17, 15) is 9.59 Å². The Kier molecular flexibility index (Phi) is 4.54. The fourth-order valence-corrected chi connectivity index (χ4v) is 2.45. The number of nitrogens with zero attached hydrogens (tertiary/aromatic N) is 2. The number of amides is 1. The highest BCUT2D eigenvalue weighted by Gasteiger charge is 2.36. The summed E-state index contributed by atoms with van der Waals surface area (Å²) in [5.74, 6) is -2.23. The van der Waals surface area contributed by atoms with Gasteiger partial charge in [0.2, 0.25) is 11.9 Å². The summed E-state index contributed by atoms with van der Waals surface area (Å²) in [6.07, 6.45) is 2.82. The number of carbonyl (C=O) groups excluding carboxylic acids is 1. The normalized spacial score (nSPS) is 22.2. The summed E-state index contributed by atoms with van der Waals surface area (Å²) in [7, 11) is 0.